The molecule has 1 aliphatic carbocycles. The number of rotatable bonds is 3. The summed E-state index contributed by atoms with van der Waals surface area (Å²) in [6, 6.07) is 6.62. The Morgan fingerprint density at radius 3 is 2.70 bits per heavy atom. The van der Waals surface area contributed by atoms with Gasteiger partial charge in [-0.1, -0.05) is 34.8 Å². The van der Waals surface area contributed by atoms with Gasteiger partial charge in [-0.15, -0.1) is 0 Å². The Labute approximate surface area is 128 Å². The number of nitrogens with zero attached hydrogens (tertiary/aromatic N) is 1. The van der Waals surface area contributed by atoms with Crippen LogP contribution in [0.3, 0.4) is 0 Å². The molecular weight excluding hydrogens is 340 g/mol. The number of nitriles is 1. The van der Waals surface area contributed by atoms with Gasteiger partial charge in [0.05, 0.1) is 16.5 Å². The number of benzene rings is 1. The number of sulfonamides is 1. The van der Waals surface area contributed by atoms with Gasteiger partial charge in [-0.3, -0.25) is 0 Å². The molecular formula is C14H17BrN2O2S. The third-order valence-corrected chi connectivity index (χ3v) is 6.32. The molecule has 0 spiro atoms. The molecule has 0 bridgehead atoms. The summed E-state index contributed by atoms with van der Waals surface area (Å²) < 4.78 is 27.8. The van der Waals surface area contributed by atoms with Gasteiger partial charge in [-0.25, -0.2) is 13.1 Å². The zero-order valence-corrected chi connectivity index (χ0v) is 13.7. The van der Waals surface area contributed by atoms with Crippen molar-refractivity contribution in [2.45, 2.75) is 48.4 Å². The van der Waals surface area contributed by atoms with E-state index >= 15 is 0 Å². The number of hydrogen-bond donors (Lipinski definition) is 1. The number of nitrogens with one attached hydrogen (secondary N) is 1. The molecule has 0 aromatic heterocycles. The lowest BCUT2D eigenvalue weighted by Crippen LogP contribution is -2.42. The molecule has 4 nitrogen and oxygen atoms in total. The zero-order chi connectivity index (χ0) is 14.8. The maximum absolute atomic E-state index is 12.5. The molecule has 0 saturated heterocycles. The van der Waals surface area contributed by atoms with E-state index in [0.29, 0.717) is 11.1 Å². The van der Waals surface area contributed by atoms with Crippen molar-refractivity contribution in [3.8, 4) is 6.07 Å². The third-order valence-electron chi connectivity index (χ3n) is 3.59. The van der Waals surface area contributed by atoms with Crippen LogP contribution in [0.15, 0.2) is 23.1 Å². The van der Waals surface area contributed by atoms with Crippen molar-refractivity contribution in [3.63, 3.8) is 0 Å². The molecule has 0 amide bonds. The van der Waals surface area contributed by atoms with Gasteiger partial charge in [0, 0.05) is 10.9 Å². The van der Waals surface area contributed by atoms with E-state index in [-0.39, 0.29) is 15.8 Å². The minimum Gasteiger partial charge on any atom is -0.207 e. The minimum atomic E-state index is -3.59. The van der Waals surface area contributed by atoms with Crippen LogP contribution in [-0.4, -0.2) is 19.3 Å². The highest BCUT2D eigenvalue weighted by Gasteiger charge is 2.28. The summed E-state index contributed by atoms with van der Waals surface area (Å²) in [6.07, 6.45) is 3.97. The van der Waals surface area contributed by atoms with Crippen molar-refractivity contribution in [2.24, 2.45) is 0 Å². The Kier molecular flexibility index (Phi) is 4.84. The van der Waals surface area contributed by atoms with E-state index in [2.05, 4.69) is 20.7 Å². The van der Waals surface area contributed by atoms with Gasteiger partial charge in [0.15, 0.2) is 0 Å². The number of alkyl halides is 1. The van der Waals surface area contributed by atoms with Crippen molar-refractivity contribution in [1.82, 2.24) is 4.72 Å². The number of hydrogen-bond acceptors (Lipinski definition) is 3. The average Bonchev–Trinajstić information content (AvgIpc) is 2.41. The largest absolute Gasteiger partial charge is 0.241 e. The summed E-state index contributed by atoms with van der Waals surface area (Å²) in [6.45, 7) is 1.74. The molecule has 108 valence electrons. The molecule has 1 fully saturated rings. The molecule has 1 saturated carbocycles. The SMILES string of the molecule is Cc1ccc(C#N)cc1S(=O)(=O)NC1CCCCC1Br. The fourth-order valence-corrected chi connectivity index (χ4v) is 4.92. The molecule has 2 unspecified atom stereocenters. The summed E-state index contributed by atoms with van der Waals surface area (Å²) in [5.41, 5.74) is 1.01. The Morgan fingerprint density at radius 1 is 1.35 bits per heavy atom. The molecule has 1 aromatic carbocycles. The third kappa shape index (κ3) is 3.40. The number of halogens is 1. The predicted molar refractivity (Wildman–Crippen MR) is 81.2 cm³/mol. The summed E-state index contributed by atoms with van der Waals surface area (Å²) in [7, 11) is -3.59. The fourth-order valence-electron chi connectivity index (χ4n) is 2.44. The molecule has 1 aromatic rings. The lowest BCUT2D eigenvalue weighted by Gasteiger charge is -2.28. The lowest BCUT2D eigenvalue weighted by molar-refractivity contribution is 0.427. The van der Waals surface area contributed by atoms with E-state index in [1.165, 1.54) is 6.07 Å². The second kappa shape index (κ2) is 6.25. The Balaban J connectivity index is 2.28. The first kappa shape index (κ1) is 15.5. The van der Waals surface area contributed by atoms with Crippen LogP contribution in [0.5, 0.6) is 0 Å². The predicted octanol–water partition coefficient (Wildman–Crippen LogP) is 2.85. The first-order valence-corrected chi connectivity index (χ1v) is 9.01. The molecule has 1 aliphatic rings. The number of aryl methyl sites for hydroxylation is 1. The van der Waals surface area contributed by atoms with Crippen molar-refractivity contribution in [1.29, 1.82) is 5.26 Å². The summed E-state index contributed by atoms with van der Waals surface area (Å²) in [4.78, 5) is 0.368. The van der Waals surface area contributed by atoms with Gasteiger partial charge >= 0.3 is 0 Å². The quantitative estimate of drug-likeness (QED) is 0.846. The Morgan fingerprint density at radius 2 is 2.05 bits per heavy atom. The first-order valence-electron chi connectivity index (χ1n) is 6.61. The van der Waals surface area contributed by atoms with Gasteiger partial charge in [-0.05, 0) is 37.5 Å². The van der Waals surface area contributed by atoms with Crippen LogP contribution in [-0.2, 0) is 10.0 Å². The zero-order valence-electron chi connectivity index (χ0n) is 11.3. The molecule has 2 atom stereocenters. The van der Waals surface area contributed by atoms with Crippen molar-refractivity contribution in [2.75, 3.05) is 0 Å². The Hall–Kier alpha value is -0.900. The van der Waals surface area contributed by atoms with Crippen LogP contribution in [0, 0.1) is 18.3 Å². The molecule has 20 heavy (non-hydrogen) atoms. The van der Waals surface area contributed by atoms with Crippen LogP contribution < -0.4 is 4.72 Å². The molecule has 2 rings (SSSR count). The van der Waals surface area contributed by atoms with Gasteiger partial charge in [-0.2, -0.15) is 5.26 Å². The second-order valence-corrected chi connectivity index (χ2v) is 7.98. The topological polar surface area (TPSA) is 70.0 Å². The Bertz CT molecular complexity index is 637. The van der Waals surface area contributed by atoms with E-state index in [9.17, 15) is 8.42 Å². The van der Waals surface area contributed by atoms with Crippen LogP contribution in [0.25, 0.3) is 0 Å². The lowest BCUT2D eigenvalue weighted by atomic mass is 9.96. The van der Waals surface area contributed by atoms with Crippen molar-refractivity contribution < 1.29 is 8.42 Å². The first-order chi connectivity index (χ1) is 9.44. The van der Waals surface area contributed by atoms with E-state index in [4.69, 9.17) is 5.26 Å². The second-order valence-electron chi connectivity index (χ2n) is 5.12. The molecule has 1 N–H and O–H groups in total. The molecule has 0 heterocycles. The molecule has 6 heteroatoms. The summed E-state index contributed by atoms with van der Waals surface area (Å²) >= 11 is 3.55. The average molecular weight is 357 g/mol. The smallest absolute Gasteiger partial charge is 0.207 e. The maximum Gasteiger partial charge on any atom is 0.241 e. The summed E-state index contributed by atoms with van der Waals surface area (Å²) in [5, 5.41) is 8.91. The fraction of sp³-hybridized carbons (Fsp3) is 0.500. The van der Waals surface area contributed by atoms with Gasteiger partial charge in [0.1, 0.15) is 0 Å². The standard InChI is InChI=1S/C14H17BrN2O2S/c1-10-6-7-11(9-16)8-14(10)20(18,19)17-13-5-3-2-4-12(13)15/h6-8,12-13,17H,2-5H2,1H3. The minimum absolute atomic E-state index is 0.0844. The van der Waals surface area contributed by atoms with Gasteiger partial charge in [0.2, 0.25) is 10.0 Å². The highest BCUT2D eigenvalue weighted by atomic mass is 79.9. The van der Waals surface area contributed by atoms with Crippen LogP contribution in [0.2, 0.25) is 0 Å². The van der Waals surface area contributed by atoms with E-state index in [1.54, 1.807) is 19.1 Å². The highest BCUT2D eigenvalue weighted by Crippen LogP contribution is 2.26. The van der Waals surface area contributed by atoms with Crippen LogP contribution in [0.4, 0.5) is 0 Å². The monoisotopic (exact) mass is 356 g/mol. The van der Waals surface area contributed by atoms with Gasteiger partial charge in [0.25, 0.3) is 0 Å². The van der Waals surface area contributed by atoms with Crippen molar-refractivity contribution in [3.05, 3.63) is 29.3 Å². The van der Waals surface area contributed by atoms with Gasteiger partial charge < -0.3 is 0 Å². The normalized spacial score (nSPS) is 23.2. The van der Waals surface area contributed by atoms with E-state index < -0.39 is 10.0 Å². The molecule has 0 radical (unpaired) electrons. The highest BCUT2D eigenvalue weighted by molar-refractivity contribution is 9.09. The summed E-state index contributed by atoms with van der Waals surface area (Å²) in [5.74, 6) is 0. The van der Waals surface area contributed by atoms with Crippen molar-refractivity contribution >= 4 is 26.0 Å². The molecule has 0 aliphatic heterocycles. The maximum atomic E-state index is 12.5. The van der Waals surface area contributed by atoms with E-state index in [0.717, 1.165) is 25.7 Å². The van der Waals surface area contributed by atoms with Crippen LogP contribution in [0.1, 0.15) is 36.8 Å². The van der Waals surface area contributed by atoms with E-state index in [1.807, 2.05) is 6.07 Å². The van der Waals surface area contributed by atoms with Crippen LogP contribution >= 0.6 is 15.9 Å².